The maximum Gasteiger partial charge on any atom is 0.125 e. The Balaban J connectivity index is 2.73. The number of amidine groups is 1. The Morgan fingerprint density at radius 1 is 1.50 bits per heavy atom. The third-order valence-electron chi connectivity index (χ3n) is 1.87. The van der Waals surface area contributed by atoms with Gasteiger partial charge in [-0.3, -0.25) is 4.99 Å². The Hall–Kier alpha value is -0.530. The Bertz CT molecular complexity index is 135. The third-order valence-corrected chi connectivity index (χ3v) is 1.87. The van der Waals surface area contributed by atoms with Crippen LogP contribution in [-0.2, 0) is 0 Å². The minimum Gasteiger partial charge on any atom is -0.349 e. The van der Waals surface area contributed by atoms with Crippen LogP contribution < -0.4 is 0 Å². The molecule has 2 nitrogen and oxygen atoms in total. The van der Waals surface area contributed by atoms with E-state index < -0.39 is 0 Å². The zero-order valence-corrected chi connectivity index (χ0v) is 5.89. The summed E-state index contributed by atoms with van der Waals surface area (Å²) in [6.45, 7) is 4.32. The molecule has 1 rings (SSSR count). The molecule has 1 aliphatic rings. The summed E-state index contributed by atoms with van der Waals surface area (Å²) in [5, 5.41) is 0. The van der Waals surface area contributed by atoms with Crippen molar-refractivity contribution in [1.29, 1.82) is 0 Å². The molecular formula is C6H12N2. The van der Waals surface area contributed by atoms with Crippen molar-refractivity contribution in [2.75, 3.05) is 14.1 Å². The summed E-state index contributed by atoms with van der Waals surface area (Å²) in [6, 6.07) is 0. The monoisotopic (exact) mass is 112 g/mol. The molecule has 46 valence electrons. The van der Waals surface area contributed by atoms with Gasteiger partial charge in [-0.2, -0.15) is 0 Å². The van der Waals surface area contributed by atoms with E-state index in [1.807, 2.05) is 7.05 Å². The molecule has 1 fully saturated rings. The second-order valence-corrected chi connectivity index (χ2v) is 2.67. The van der Waals surface area contributed by atoms with Gasteiger partial charge in [0.05, 0.1) is 5.54 Å². The molecular weight excluding hydrogens is 100 g/mol. The zero-order chi connectivity index (χ0) is 6.36. The van der Waals surface area contributed by atoms with Crippen LogP contribution in [0.4, 0.5) is 0 Å². The molecule has 0 saturated carbocycles. The van der Waals surface area contributed by atoms with Crippen LogP contribution in [0, 0.1) is 0 Å². The molecule has 0 atom stereocenters. The lowest BCUT2D eigenvalue weighted by Crippen LogP contribution is -2.02. The summed E-state index contributed by atoms with van der Waals surface area (Å²) in [6.07, 6.45) is 0. The van der Waals surface area contributed by atoms with Gasteiger partial charge in [0.2, 0.25) is 0 Å². The second kappa shape index (κ2) is 1.24. The van der Waals surface area contributed by atoms with Gasteiger partial charge < -0.3 is 4.90 Å². The van der Waals surface area contributed by atoms with E-state index in [1.165, 1.54) is 5.84 Å². The van der Waals surface area contributed by atoms with Crippen LogP contribution in [0.25, 0.3) is 0 Å². The first-order valence-corrected chi connectivity index (χ1v) is 2.82. The lowest BCUT2D eigenvalue weighted by atomic mass is 10.2. The second-order valence-electron chi connectivity index (χ2n) is 2.67. The van der Waals surface area contributed by atoms with Gasteiger partial charge in [-0.05, 0) is 13.8 Å². The van der Waals surface area contributed by atoms with Crippen LogP contribution >= 0.6 is 0 Å². The number of nitrogens with zero attached hydrogens (tertiary/aromatic N) is 2. The molecule has 2 heteroatoms. The summed E-state index contributed by atoms with van der Waals surface area (Å²) in [5.74, 6) is 1.21. The highest BCUT2D eigenvalue weighted by Gasteiger charge is 2.47. The van der Waals surface area contributed by atoms with E-state index in [1.54, 1.807) is 0 Å². The molecule has 0 aliphatic carbocycles. The van der Waals surface area contributed by atoms with Crippen molar-refractivity contribution in [3.8, 4) is 0 Å². The molecule has 0 bridgehead atoms. The number of rotatable bonds is 0. The highest BCUT2D eigenvalue weighted by molar-refractivity contribution is 6.05. The first kappa shape index (κ1) is 5.60. The van der Waals surface area contributed by atoms with Gasteiger partial charge in [-0.25, -0.2) is 0 Å². The van der Waals surface area contributed by atoms with Crippen LogP contribution in [0.2, 0.25) is 0 Å². The molecule has 0 aromatic heterocycles. The van der Waals surface area contributed by atoms with Crippen molar-refractivity contribution in [1.82, 2.24) is 4.90 Å². The summed E-state index contributed by atoms with van der Waals surface area (Å²) in [7, 11) is 3.89. The first-order valence-electron chi connectivity index (χ1n) is 2.82. The van der Waals surface area contributed by atoms with Crippen LogP contribution in [0.1, 0.15) is 13.8 Å². The maximum absolute atomic E-state index is 4.08. The molecule has 1 saturated heterocycles. The van der Waals surface area contributed by atoms with Crippen molar-refractivity contribution in [2.45, 2.75) is 19.4 Å². The van der Waals surface area contributed by atoms with Gasteiger partial charge in [0.15, 0.2) is 0 Å². The van der Waals surface area contributed by atoms with Crippen molar-refractivity contribution in [2.24, 2.45) is 4.99 Å². The molecule has 0 unspecified atom stereocenters. The van der Waals surface area contributed by atoms with E-state index >= 15 is 0 Å². The molecule has 0 amide bonds. The van der Waals surface area contributed by atoms with Gasteiger partial charge in [0.25, 0.3) is 0 Å². The molecule has 1 aliphatic heterocycles. The van der Waals surface area contributed by atoms with Crippen LogP contribution in [-0.4, -0.2) is 30.4 Å². The first-order chi connectivity index (χ1) is 3.60. The average Bonchev–Trinajstić information content (AvgIpc) is 2.09. The van der Waals surface area contributed by atoms with E-state index in [0.717, 1.165) is 0 Å². The fourth-order valence-corrected chi connectivity index (χ4v) is 0.984. The minimum absolute atomic E-state index is 0.259. The quantitative estimate of drug-likeness (QED) is 0.422. The Morgan fingerprint density at radius 3 is 1.88 bits per heavy atom. The molecule has 0 aromatic carbocycles. The van der Waals surface area contributed by atoms with E-state index in [-0.39, 0.29) is 5.54 Å². The number of aliphatic imine (C=N–C) groups is 1. The van der Waals surface area contributed by atoms with Crippen LogP contribution in [0.15, 0.2) is 4.99 Å². The molecule has 0 radical (unpaired) electrons. The molecule has 8 heavy (non-hydrogen) atoms. The largest absolute Gasteiger partial charge is 0.349 e. The summed E-state index contributed by atoms with van der Waals surface area (Å²) in [5.41, 5.74) is 0.259. The number of likely N-dealkylation sites (N-methyl/N-ethyl adjacent to an activating group) is 1. The minimum atomic E-state index is 0.259. The Morgan fingerprint density at radius 2 is 1.88 bits per heavy atom. The normalized spacial score (nSPS) is 29.0. The highest BCUT2D eigenvalue weighted by atomic mass is 15.4. The van der Waals surface area contributed by atoms with Crippen molar-refractivity contribution in [3.05, 3.63) is 0 Å². The smallest absolute Gasteiger partial charge is 0.125 e. The lowest BCUT2D eigenvalue weighted by molar-refractivity contribution is 0.535. The van der Waals surface area contributed by atoms with E-state index in [4.69, 9.17) is 0 Å². The fraction of sp³-hybridized carbons (Fsp3) is 0.833. The standard InChI is InChI=1S/C6H12N2/c1-6(2)5(7-3)8(6)4/h1-4H3. The average molecular weight is 112 g/mol. The molecule has 0 spiro atoms. The Kier molecular flexibility index (Phi) is 0.872. The molecule has 1 heterocycles. The lowest BCUT2D eigenvalue weighted by Gasteiger charge is -1.92. The predicted octanol–water partition coefficient (Wildman–Crippen LogP) is 0.739. The van der Waals surface area contributed by atoms with Gasteiger partial charge >= 0.3 is 0 Å². The summed E-state index contributed by atoms with van der Waals surface area (Å²) >= 11 is 0. The number of hydrogen-bond donors (Lipinski definition) is 0. The molecule has 0 N–H and O–H groups in total. The summed E-state index contributed by atoms with van der Waals surface area (Å²) < 4.78 is 0. The van der Waals surface area contributed by atoms with Crippen molar-refractivity contribution in [3.63, 3.8) is 0 Å². The Labute approximate surface area is 50.2 Å². The zero-order valence-electron chi connectivity index (χ0n) is 5.89. The van der Waals surface area contributed by atoms with Gasteiger partial charge in [-0.15, -0.1) is 0 Å². The molecule has 0 aromatic rings. The summed E-state index contributed by atoms with van der Waals surface area (Å²) in [4.78, 5) is 6.24. The van der Waals surface area contributed by atoms with E-state index in [2.05, 4.69) is 30.8 Å². The fourth-order valence-electron chi connectivity index (χ4n) is 0.984. The van der Waals surface area contributed by atoms with E-state index in [0.29, 0.717) is 0 Å². The SMILES string of the molecule is CN=C1N(C)C1(C)C. The van der Waals surface area contributed by atoms with Crippen molar-refractivity contribution < 1.29 is 0 Å². The van der Waals surface area contributed by atoms with E-state index in [9.17, 15) is 0 Å². The van der Waals surface area contributed by atoms with Crippen LogP contribution in [0.3, 0.4) is 0 Å². The maximum atomic E-state index is 4.08. The van der Waals surface area contributed by atoms with Crippen LogP contribution in [0.5, 0.6) is 0 Å². The third kappa shape index (κ3) is 0.457. The topological polar surface area (TPSA) is 15.4 Å². The highest BCUT2D eigenvalue weighted by Crippen LogP contribution is 2.31. The number of hydrogen-bond acceptors (Lipinski definition) is 1. The van der Waals surface area contributed by atoms with Crippen molar-refractivity contribution >= 4 is 5.84 Å². The van der Waals surface area contributed by atoms with Gasteiger partial charge in [-0.1, -0.05) is 0 Å². The van der Waals surface area contributed by atoms with Gasteiger partial charge in [0.1, 0.15) is 5.84 Å². The predicted molar refractivity (Wildman–Crippen MR) is 35.2 cm³/mol. The van der Waals surface area contributed by atoms with Gasteiger partial charge in [0, 0.05) is 14.1 Å².